The molecule has 0 aromatic heterocycles. The van der Waals surface area contributed by atoms with Gasteiger partial charge in [0.2, 0.25) is 11.8 Å². The summed E-state index contributed by atoms with van der Waals surface area (Å²) in [5.74, 6) is -0.613. The van der Waals surface area contributed by atoms with E-state index in [9.17, 15) is 14.2 Å². The lowest BCUT2D eigenvalue weighted by molar-refractivity contribution is -0.146. The average molecular weight is 376 g/mol. The van der Waals surface area contributed by atoms with E-state index in [1.807, 2.05) is 27.7 Å². The van der Waals surface area contributed by atoms with Crippen LogP contribution in [0.3, 0.4) is 0 Å². The largest absolute Gasteiger partial charge is 0.696 e. The highest BCUT2D eigenvalue weighted by atomic mass is 31.1. The smallest absolute Gasteiger partial charge is 0.329 e. The number of nitrogens with zero attached hydrogens (tertiary/aromatic N) is 1. The van der Waals surface area contributed by atoms with Gasteiger partial charge < -0.3 is 16.0 Å². The van der Waals surface area contributed by atoms with Gasteiger partial charge in [0.1, 0.15) is 6.04 Å². The van der Waals surface area contributed by atoms with Crippen LogP contribution < -0.4 is 11.1 Å². The van der Waals surface area contributed by atoms with E-state index >= 15 is 0 Å². The molecule has 9 heteroatoms. The molecule has 1 heterocycles. The predicted molar refractivity (Wildman–Crippen MR) is 94.5 cm³/mol. The lowest BCUT2D eigenvalue weighted by atomic mass is 9.85. The summed E-state index contributed by atoms with van der Waals surface area (Å²) in [6.45, 7) is 8.02. The van der Waals surface area contributed by atoms with Crippen LogP contribution in [0.5, 0.6) is 0 Å². The van der Waals surface area contributed by atoms with E-state index < -0.39 is 32.0 Å². The van der Waals surface area contributed by atoms with Crippen molar-refractivity contribution in [1.29, 1.82) is 0 Å². The van der Waals surface area contributed by atoms with Crippen molar-refractivity contribution < 1.29 is 23.6 Å². The molecule has 1 rings (SSSR count). The van der Waals surface area contributed by atoms with E-state index in [-0.39, 0.29) is 11.8 Å². The number of nitrogens with one attached hydrogen (secondary N) is 1. The molecule has 0 bridgehead atoms. The summed E-state index contributed by atoms with van der Waals surface area (Å²) in [5.41, 5.74) is 5.68. The molecule has 2 amide bonds. The van der Waals surface area contributed by atoms with Crippen molar-refractivity contribution >= 4 is 20.1 Å². The Bertz CT molecular complexity index is 495. The Labute approximate surface area is 150 Å². The van der Waals surface area contributed by atoms with Gasteiger partial charge in [-0.15, -0.1) is 4.89 Å². The van der Waals surface area contributed by atoms with Crippen LogP contribution in [0.2, 0.25) is 0 Å². The van der Waals surface area contributed by atoms with E-state index in [0.29, 0.717) is 25.8 Å². The molecule has 1 aliphatic heterocycles. The van der Waals surface area contributed by atoms with Crippen LogP contribution in [0.15, 0.2) is 0 Å². The standard InChI is InChI=1S/C16H30N3O5P/c1-5-8-12(24-25(22)23)18-14(20)11-9-6-7-10-19(11)15(21)13(17)16(2,3)4/h11-13H,5-10,17H2,1-4H3,(H-,18,20,22,23)/p+1/t11-,12+,13+/m0/s1. The maximum absolute atomic E-state index is 12.8. The number of amides is 2. The lowest BCUT2D eigenvalue weighted by Gasteiger charge is -2.39. The Balaban J connectivity index is 2.85. The van der Waals surface area contributed by atoms with Gasteiger partial charge in [0, 0.05) is 11.1 Å². The van der Waals surface area contributed by atoms with Gasteiger partial charge in [0.15, 0.2) is 6.23 Å². The zero-order valence-electron chi connectivity index (χ0n) is 15.5. The highest BCUT2D eigenvalue weighted by molar-refractivity contribution is 7.32. The Morgan fingerprint density at radius 1 is 1.40 bits per heavy atom. The van der Waals surface area contributed by atoms with E-state index in [1.165, 1.54) is 4.90 Å². The van der Waals surface area contributed by atoms with Gasteiger partial charge in [-0.05, 0) is 31.1 Å². The highest BCUT2D eigenvalue weighted by Crippen LogP contribution is 2.25. The summed E-state index contributed by atoms with van der Waals surface area (Å²) in [5, 5.41) is 2.64. The quantitative estimate of drug-likeness (QED) is 0.459. The van der Waals surface area contributed by atoms with Crippen molar-refractivity contribution in [3.63, 3.8) is 0 Å². The highest BCUT2D eigenvalue weighted by Gasteiger charge is 2.39. The van der Waals surface area contributed by atoms with Gasteiger partial charge in [0.05, 0.1) is 6.04 Å². The van der Waals surface area contributed by atoms with Crippen LogP contribution in [-0.2, 0) is 18.7 Å². The number of rotatable bonds is 7. The second-order valence-electron chi connectivity index (χ2n) is 7.52. The first-order chi connectivity index (χ1) is 11.6. The van der Waals surface area contributed by atoms with Crippen molar-refractivity contribution in [2.75, 3.05) is 6.54 Å². The first-order valence-corrected chi connectivity index (χ1v) is 9.90. The molecule has 0 aromatic rings. The van der Waals surface area contributed by atoms with Gasteiger partial charge in [-0.1, -0.05) is 38.6 Å². The van der Waals surface area contributed by atoms with E-state index in [1.54, 1.807) is 0 Å². The maximum atomic E-state index is 12.8. The predicted octanol–water partition coefficient (Wildman–Crippen LogP) is 1.65. The molecule has 1 unspecified atom stereocenters. The third-order valence-electron chi connectivity index (χ3n) is 4.36. The van der Waals surface area contributed by atoms with Gasteiger partial charge in [-0.3, -0.25) is 9.59 Å². The molecule has 1 fully saturated rings. The fourth-order valence-corrected chi connectivity index (χ4v) is 3.17. The van der Waals surface area contributed by atoms with Crippen LogP contribution in [0.25, 0.3) is 0 Å². The van der Waals surface area contributed by atoms with E-state index in [4.69, 9.17) is 15.2 Å². The monoisotopic (exact) mass is 376 g/mol. The first-order valence-electron chi connectivity index (χ1n) is 8.77. The van der Waals surface area contributed by atoms with Crippen molar-refractivity contribution in [2.24, 2.45) is 11.1 Å². The Hall–Kier alpha value is -1.08. The average Bonchev–Trinajstić information content (AvgIpc) is 2.52. The zero-order valence-corrected chi connectivity index (χ0v) is 16.4. The maximum Gasteiger partial charge on any atom is 0.696 e. The molecule has 144 valence electrons. The minimum absolute atomic E-state index is 0.242. The molecular formula is C16H31N3O5P+. The van der Waals surface area contributed by atoms with Gasteiger partial charge >= 0.3 is 8.25 Å². The summed E-state index contributed by atoms with van der Waals surface area (Å²) in [6.07, 6.45) is 2.44. The number of hydrogen-bond donors (Lipinski definition) is 3. The molecule has 8 nitrogen and oxygen atoms in total. The Morgan fingerprint density at radius 3 is 2.56 bits per heavy atom. The van der Waals surface area contributed by atoms with Gasteiger partial charge in [0.25, 0.3) is 0 Å². The summed E-state index contributed by atoms with van der Waals surface area (Å²) in [7, 11) is -2.81. The third kappa shape index (κ3) is 6.62. The number of likely N-dealkylation sites (tertiary alicyclic amines) is 1. The number of piperidine rings is 1. The minimum Gasteiger partial charge on any atom is -0.329 e. The summed E-state index contributed by atoms with van der Waals surface area (Å²) in [4.78, 5) is 35.9. The summed E-state index contributed by atoms with van der Waals surface area (Å²) >= 11 is 0. The SMILES string of the molecule is CCC[C@H](NC(=O)[C@@H]1CCCCN1C(=O)[C@@H](N)C(C)(C)C)O[P+](=O)O. The van der Waals surface area contributed by atoms with Crippen LogP contribution in [0, 0.1) is 5.41 Å². The van der Waals surface area contributed by atoms with Crippen molar-refractivity contribution in [3.8, 4) is 0 Å². The second kappa shape index (κ2) is 9.57. The van der Waals surface area contributed by atoms with Crippen LogP contribution >= 0.6 is 8.25 Å². The van der Waals surface area contributed by atoms with Gasteiger partial charge in [-0.2, -0.15) is 0 Å². The van der Waals surface area contributed by atoms with Crippen molar-refractivity contribution in [1.82, 2.24) is 10.2 Å². The number of nitrogens with two attached hydrogens (primary N) is 1. The molecular weight excluding hydrogens is 345 g/mol. The number of carbonyl (C=O) groups is 2. The molecule has 4 N–H and O–H groups in total. The molecule has 0 radical (unpaired) electrons. The lowest BCUT2D eigenvalue weighted by Crippen LogP contribution is -2.59. The fraction of sp³-hybridized carbons (Fsp3) is 0.875. The molecule has 4 atom stereocenters. The topological polar surface area (TPSA) is 122 Å². The van der Waals surface area contributed by atoms with Crippen LogP contribution in [0.1, 0.15) is 59.8 Å². The van der Waals surface area contributed by atoms with E-state index in [2.05, 4.69) is 5.32 Å². The van der Waals surface area contributed by atoms with Crippen molar-refractivity contribution in [3.05, 3.63) is 0 Å². The minimum atomic E-state index is -2.81. The van der Waals surface area contributed by atoms with Crippen molar-refractivity contribution in [2.45, 2.75) is 78.1 Å². The Morgan fingerprint density at radius 2 is 2.04 bits per heavy atom. The summed E-state index contributed by atoms with van der Waals surface area (Å²) in [6, 6.07) is -1.33. The molecule has 1 aliphatic rings. The number of carbonyl (C=O) groups excluding carboxylic acids is 2. The molecule has 0 spiro atoms. The fourth-order valence-electron chi connectivity index (χ4n) is 2.79. The van der Waals surface area contributed by atoms with Crippen LogP contribution in [-0.4, -0.2) is 46.5 Å². The molecule has 0 aliphatic carbocycles. The molecule has 0 saturated carbocycles. The molecule has 0 aromatic carbocycles. The second-order valence-corrected chi connectivity index (χ2v) is 8.20. The van der Waals surface area contributed by atoms with E-state index in [0.717, 1.165) is 12.8 Å². The summed E-state index contributed by atoms with van der Waals surface area (Å²) < 4.78 is 15.8. The van der Waals surface area contributed by atoms with Gasteiger partial charge in [-0.25, -0.2) is 0 Å². The molecule has 25 heavy (non-hydrogen) atoms. The van der Waals surface area contributed by atoms with Crippen LogP contribution in [0.4, 0.5) is 0 Å². The first kappa shape index (κ1) is 22.0. The Kier molecular flexibility index (Phi) is 8.41. The normalized spacial score (nSPS) is 21.4. The zero-order chi connectivity index (χ0) is 19.2. The number of hydrogen-bond acceptors (Lipinski definition) is 5. The third-order valence-corrected chi connectivity index (χ3v) is 4.79. The molecule has 1 saturated heterocycles.